The summed E-state index contributed by atoms with van der Waals surface area (Å²) in [6.07, 6.45) is 4.67. The van der Waals surface area contributed by atoms with E-state index in [1.54, 1.807) is 12.1 Å². The molecule has 98 valence electrons. The van der Waals surface area contributed by atoms with Gasteiger partial charge in [-0.3, -0.25) is 0 Å². The summed E-state index contributed by atoms with van der Waals surface area (Å²) in [6, 6.07) is 5.55. The maximum Gasteiger partial charge on any atom is 0.337 e. The number of hydrogen-bond donors (Lipinski definition) is 2. The number of nitrogens with zero attached hydrogens (tertiary/aromatic N) is 1. The van der Waals surface area contributed by atoms with E-state index in [9.17, 15) is 9.90 Å². The minimum Gasteiger partial charge on any atom is -0.478 e. The lowest BCUT2D eigenvalue weighted by molar-refractivity contribution is 0.0697. The number of anilines is 2. The molecule has 0 saturated carbocycles. The van der Waals surface area contributed by atoms with Gasteiger partial charge in [-0.25, -0.2) is 4.79 Å². The van der Waals surface area contributed by atoms with Gasteiger partial charge in [-0.1, -0.05) is 12.8 Å². The second kappa shape index (κ2) is 5.29. The smallest absolute Gasteiger partial charge is 0.337 e. The van der Waals surface area contributed by atoms with Crippen LogP contribution >= 0.6 is 0 Å². The molecule has 1 aromatic rings. The molecule has 4 nitrogen and oxygen atoms in total. The van der Waals surface area contributed by atoms with Gasteiger partial charge < -0.3 is 15.7 Å². The molecule has 1 aliphatic heterocycles. The summed E-state index contributed by atoms with van der Waals surface area (Å²) in [6.45, 7) is 3.08. The van der Waals surface area contributed by atoms with Crippen LogP contribution in [0.1, 0.15) is 43.0 Å². The second-order valence-corrected chi connectivity index (χ2v) is 4.97. The van der Waals surface area contributed by atoms with E-state index >= 15 is 0 Å². The van der Waals surface area contributed by atoms with Crippen molar-refractivity contribution in [2.75, 3.05) is 17.2 Å². The van der Waals surface area contributed by atoms with Gasteiger partial charge in [-0.05, 0) is 38.0 Å². The van der Waals surface area contributed by atoms with Crippen molar-refractivity contribution in [2.45, 2.75) is 38.6 Å². The molecule has 1 saturated heterocycles. The Morgan fingerprint density at radius 2 is 2.17 bits per heavy atom. The molecule has 0 spiro atoms. The Morgan fingerprint density at radius 3 is 2.89 bits per heavy atom. The third-order valence-electron chi connectivity index (χ3n) is 3.61. The zero-order chi connectivity index (χ0) is 13.1. The summed E-state index contributed by atoms with van der Waals surface area (Å²) in [7, 11) is 0. The highest BCUT2D eigenvalue weighted by molar-refractivity contribution is 5.95. The number of hydrogen-bond acceptors (Lipinski definition) is 3. The van der Waals surface area contributed by atoms with Gasteiger partial charge in [0.2, 0.25) is 0 Å². The van der Waals surface area contributed by atoms with Gasteiger partial charge in [0, 0.05) is 18.3 Å². The first-order valence-corrected chi connectivity index (χ1v) is 6.49. The molecule has 4 heteroatoms. The van der Waals surface area contributed by atoms with Crippen LogP contribution in [0.2, 0.25) is 0 Å². The van der Waals surface area contributed by atoms with Crippen LogP contribution in [0.3, 0.4) is 0 Å². The fraction of sp³-hybridized carbons (Fsp3) is 0.500. The highest BCUT2D eigenvalue weighted by atomic mass is 16.4. The van der Waals surface area contributed by atoms with Gasteiger partial charge in [0.15, 0.2) is 0 Å². The lowest BCUT2D eigenvalue weighted by atomic mass is 10.1. The maximum atomic E-state index is 11.3. The third kappa shape index (κ3) is 2.58. The zero-order valence-electron chi connectivity index (χ0n) is 10.7. The topological polar surface area (TPSA) is 66.6 Å². The van der Waals surface area contributed by atoms with E-state index in [-0.39, 0.29) is 0 Å². The first kappa shape index (κ1) is 12.7. The number of rotatable bonds is 2. The van der Waals surface area contributed by atoms with Gasteiger partial charge in [-0.2, -0.15) is 0 Å². The Balaban J connectivity index is 2.39. The Labute approximate surface area is 107 Å². The van der Waals surface area contributed by atoms with Crippen LogP contribution in [-0.2, 0) is 0 Å². The number of nitrogen functional groups attached to an aromatic ring is 1. The molecule has 2 rings (SSSR count). The molecular weight excluding hydrogens is 228 g/mol. The van der Waals surface area contributed by atoms with Crippen molar-refractivity contribution in [3.63, 3.8) is 0 Å². The largest absolute Gasteiger partial charge is 0.478 e. The van der Waals surface area contributed by atoms with Crippen LogP contribution in [0.5, 0.6) is 0 Å². The lowest BCUT2D eigenvalue weighted by Crippen LogP contribution is -2.33. The Kier molecular flexibility index (Phi) is 3.75. The van der Waals surface area contributed by atoms with E-state index in [0.717, 1.165) is 25.1 Å². The van der Waals surface area contributed by atoms with Crippen LogP contribution in [0.25, 0.3) is 0 Å². The fourth-order valence-electron chi connectivity index (χ4n) is 2.61. The summed E-state index contributed by atoms with van der Waals surface area (Å²) in [5.74, 6) is -0.909. The first-order chi connectivity index (χ1) is 8.59. The number of nitrogens with two attached hydrogens (primary N) is 1. The lowest BCUT2D eigenvalue weighted by Gasteiger charge is -2.30. The predicted octanol–water partition coefficient (Wildman–Crippen LogP) is 2.74. The van der Waals surface area contributed by atoms with E-state index in [1.165, 1.54) is 12.8 Å². The van der Waals surface area contributed by atoms with Crippen molar-refractivity contribution in [1.29, 1.82) is 0 Å². The van der Waals surface area contributed by atoms with E-state index < -0.39 is 5.97 Å². The summed E-state index contributed by atoms with van der Waals surface area (Å²) in [4.78, 5) is 13.5. The van der Waals surface area contributed by atoms with Crippen molar-refractivity contribution >= 4 is 17.3 Å². The molecule has 1 aromatic carbocycles. The van der Waals surface area contributed by atoms with Gasteiger partial charge in [0.05, 0.1) is 11.3 Å². The summed E-state index contributed by atoms with van der Waals surface area (Å²) in [5, 5.41) is 9.30. The fourth-order valence-corrected chi connectivity index (χ4v) is 2.61. The van der Waals surface area contributed by atoms with Gasteiger partial charge in [0.25, 0.3) is 0 Å². The quantitative estimate of drug-likeness (QED) is 0.790. The Hall–Kier alpha value is -1.71. The molecule has 0 aliphatic carbocycles. The van der Waals surface area contributed by atoms with Crippen molar-refractivity contribution in [1.82, 2.24) is 0 Å². The van der Waals surface area contributed by atoms with Gasteiger partial charge in [0.1, 0.15) is 0 Å². The summed E-state index contributed by atoms with van der Waals surface area (Å²) < 4.78 is 0. The Morgan fingerprint density at radius 1 is 1.39 bits per heavy atom. The molecule has 0 amide bonds. The number of benzene rings is 1. The number of carboxylic acids is 1. The maximum absolute atomic E-state index is 11.3. The van der Waals surface area contributed by atoms with Gasteiger partial charge in [-0.15, -0.1) is 0 Å². The Bertz CT molecular complexity index is 445. The predicted molar refractivity (Wildman–Crippen MR) is 73.1 cm³/mol. The van der Waals surface area contributed by atoms with Crippen LogP contribution in [0.15, 0.2) is 18.2 Å². The van der Waals surface area contributed by atoms with E-state index in [0.29, 0.717) is 17.3 Å². The molecule has 1 heterocycles. The van der Waals surface area contributed by atoms with E-state index in [4.69, 9.17) is 5.73 Å². The molecule has 0 aromatic heterocycles. The van der Waals surface area contributed by atoms with Crippen LogP contribution in [0.4, 0.5) is 11.4 Å². The normalized spacial score (nSPS) is 20.5. The standard InChI is InChI=1S/C14H20N2O2/c1-10-5-3-2-4-8-16(10)13-7-6-11(15)9-12(13)14(17)18/h6-7,9-10H,2-5,8,15H2,1H3,(H,17,18). The third-order valence-corrected chi connectivity index (χ3v) is 3.61. The average molecular weight is 248 g/mol. The van der Waals surface area contributed by atoms with Crippen molar-refractivity contribution in [3.05, 3.63) is 23.8 Å². The molecule has 1 unspecified atom stereocenters. The summed E-state index contributed by atoms with van der Waals surface area (Å²) >= 11 is 0. The number of carbonyl (C=O) groups is 1. The van der Waals surface area contributed by atoms with Crippen molar-refractivity contribution in [3.8, 4) is 0 Å². The van der Waals surface area contributed by atoms with Crippen molar-refractivity contribution < 1.29 is 9.90 Å². The average Bonchev–Trinajstić information content (AvgIpc) is 2.54. The van der Waals surface area contributed by atoms with Crippen molar-refractivity contribution in [2.24, 2.45) is 0 Å². The molecule has 1 aliphatic rings. The SMILES string of the molecule is CC1CCCCCN1c1ccc(N)cc1C(=O)O. The van der Waals surface area contributed by atoms with Crippen LogP contribution in [0, 0.1) is 0 Å². The molecule has 1 fully saturated rings. The first-order valence-electron chi connectivity index (χ1n) is 6.49. The minimum absolute atomic E-state index is 0.309. The van der Waals surface area contributed by atoms with Gasteiger partial charge >= 0.3 is 5.97 Å². The zero-order valence-corrected chi connectivity index (χ0v) is 10.7. The molecule has 1 atom stereocenters. The van der Waals surface area contributed by atoms with E-state index in [2.05, 4.69) is 11.8 Å². The minimum atomic E-state index is -0.909. The molecule has 18 heavy (non-hydrogen) atoms. The molecular formula is C14H20N2O2. The highest BCUT2D eigenvalue weighted by Crippen LogP contribution is 2.28. The second-order valence-electron chi connectivity index (χ2n) is 4.97. The molecule has 0 radical (unpaired) electrons. The number of carboxylic acid groups (broad SMARTS) is 1. The highest BCUT2D eigenvalue weighted by Gasteiger charge is 2.22. The monoisotopic (exact) mass is 248 g/mol. The molecule has 0 bridgehead atoms. The van der Waals surface area contributed by atoms with Crippen LogP contribution < -0.4 is 10.6 Å². The van der Waals surface area contributed by atoms with E-state index in [1.807, 2.05) is 6.07 Å². The number of aromatic carboxylic acids is 1. The molecule has 3 N–H and O–H groups in total. The summed E-state index contributed by atoms with van der Waals surface area (Å²) in [5.41, 5.74) is 7.28. The van der Waals surface area contributed by atoms with Crippen LogP contribution in [-0.4, -0.2) is 23.7 Å².